The Morgan fingerprint density at radius 3 is 2.16 bits per heavy atom. The minimum Gasteiger partial charge on any atom is -0.490 e. The molecule has 0 saturated carbocycles. The van der Waals surface area contributed by atoms with Gasteiger partial charge in [0.1, 0.15) is 6.10 Å². The first-order valence-electron chi connectivity index (χ1n) is 12.4. The minimum atomic E-state index is -0.130. The van der Waals surface area contributed by atoms with Gasteiger partial charge in [0.15, 0.2) is 11.6 Å². The number of hydrogen-bond acceptors (Lipinski definition) is 5. The molecule has 1 aromatic heterocycles. The van der Waals surface area contributed by atoms with Gasteiger partial charge < -0.3 is 9.47 Å². The molecule has 0 amide bonds. The fourth-order valence-electron chi connectivity index (χ4n) is 3.56. The largest absolute Gasteiger partial charge is 0.490 e. The molecule has 0 aliphatic heterocycles. The average molecular weight is 441 g/mol. The van der Waals surface area contributed by atoms with Crippen molar-refractivity contribution in [1.82, 2.24) is 9.97 Å². The number of aromatic nitrogens is 2. The normalized spacial score (nSPS) is 11.8. The van der Waals surface area contributed by atoms with E-state index in [2.05, 4.69) is 23.8 Å². The van der Waals surface area contributed by atoms with Gasteiger partial charge >= 0.3 is 5.97 Å². The maximum atomic E-state index is 11.8. The molecular formula is C27H40N2O3. The van der Waals surface area contributed by atoms with Gasteiger partial charge in [-0.15, -0.1) is 0 Å². The number of carbonyl (C=O) groups is 1. The van der Waals surface area contributed by atoms with Crippen molar-refractivity contribution < 1.29 is 14.3 Å². The van der Waals surface area contributed by atoms with Crippen LogP contribution >= 0.6 is 0 Å². The second-order valence-corrected chi connectivity index (χ2v) is 8.52. The average Bonchev–Trinajstić information content (AvgIpc) is 2.80. The Kier molecular flexibility index (Phi) is 12.4. The highest BCUT2D eigenvalue weighted by molar-refractivity contribution is 5.69. The molecule has 5 heteroatoms. The maximum absolute atomic E-state index is 11.8. The molecule has 176 valence electrons. The van der Waals surface area contributed by atoms with E-state index in [1.165, 1.54) is 38.5 Å². The summed E-state index contributed by atoms with van der Waals surface area (Å²) in [5, 5.41) is 0. The second-order valence-electron chi connectivity index (χ2n) is 8.52. The summed E-state index contributed by atoms with van der Waals surface area (Å²) < 4.78 is 11.3. The van der Waals surface area contributed by atoms with Crippen LogP contribution in [0, 0.1) is 0 Å². The Labute approximate surface area is 194 Å². The molecule has 0 aliphatic carbocycles. The van der Waals surface area contributed by atoms with Gasteiger partial charge in [0.25, 0.3) is 0 Å². The van der Waals surface area contributed by atoms with E-state index in [4.69, 9.17) is 9.47 Å². The van der Waals surface area contributed by atoms with Gasteiger partial charge in [-0.25, -0.2) is 9.97 Å². The molecule has 0 bridgehead atoms. The van der Waals surface area contributed by atoms with E-state index in [1.54, 1.807) is 12.4 Å². The highest BCUT2D eigenvalue weighted by atomic mass is 16.5. The van der Waals surface area contributed by atoms with Crippen LogP contribution in [0.25, 0.3) is 11.4 Å². The summed E-state index contributed by atoms with van der Waals surface area (Å²) in [4.78, 5) is 20.7. The van der Waals surface area contributed by atoms with Crippen LogP contribution in [0.1, 0.15) is 90.5 Å². The topological polar surface area (TPSA) is 61.3 Å². The summed E-state index contributed by atoms with van der Waals surface area (Å²) in [6, 6.07) is 8.10. The van der Waals surface area contributed by atoms with Crippen molar-refractivity contribution in [2.75, 3.05) is 6.61 Å². The number of nitrogens with zero attached hydrogens (tertiary/aromatic N) is 2. The second kappa shape index (κ2) is 15.4. The molecule has 1 heterocycles. The summed E-state index contributed by atoms with van der Waals surface area (Å²) >= 11 is 0. The number of esters is 1. The smallest absolute Gasteiger partial charge is 0.306 e. The summed E-state index contributed by atoms with van der Waals surface area (Å²) in [5.74, 6) is 1.28. The third-order valence-electron chi connectivity index (χ3n) is 5.45. The molecule has 1 aromatic carbocycles. The first-order valence-corrected chi connectivity index (χ1v) is 12.4. The Morgan fingerprint density at radius 1 is 0.875 bits per heavy atom. The van der Waals surface area contributed by atoms with Gasteiger partial charge in [0.2, 0.25) is 0 Å². The van der Waals surface area contributed by atoms with Crippen molar-refractivity contribution in [3.05, 3.63) is 42.2 Å². The molecule has 0 spiro atoms. The molecule has 5 nitrogen and oxygen atoms in total. The zero-order valence-electron chi connectivity index (χ0n) is 20.1. The fraction of sp³-hybridized carbons (Fsp3) is 0.593. The van der Waals surface area contributed by atoms with Gasteiger partial charge in [-0.05, 0) is 25.3 Å². The number of rotatable bonds is 16. The lowest BCUT2D eigenvalue weighted by molar-refractivity contribution is -0.148. The Balaban J connectivity index is 1.73. The van der Waals surface area contributed by atoms with Crippen molar-refractivity contribution >= 4 is 5.97 Å². The van der Waals surface area contributed by atoms with E-state index in [1.807, 2.05) is 31.2 Å². The first-order chi connectivity index (χ1) is 15.6. The van der Waals surface area contributed by atoms with Crippen LogP contribution < -0.4 is 4.74 Å². The van der Waals surface area contributed by atoms with E-state index in [0.29, 0.717) is 25.3 Å². The highest BCUT2D eigenvalue weighted by Crippen LogP contribution is 2.19. The van der Waals surface area contributed by atoms with E-state index in [0.717, 1.165) is 36.1 Å². The molecular weight excluding hydrogens is 400 g/mol. The molecule has 0 aliphatic rings. The molecule has 0 saturated heterocycles. The van der Waals surface area contributed by atoms with E-state index in [-0.39, 0.29) is 12.1 Å². The molecule has 2 aromatic rings. The Hall–Kier alpha value is -2.43. The molecule has 1 unspecified atom stereocenters. The zero-order valence-corrected chi connectivity index (χ0v) is 20.1. The lowest BCUT2D eigenvalue weighted by Gasteiger charge is -2.13. The van der Waals surface area contributed by atoms with Crippen LogP contribution in [-0.4, -0.2) is 28.6 Å². The van der Waals surface area contributed by atoms with E-state index in [9.17, 15) is 4.79 Å². The van der Waals surface area contributed by atoms with E-state index < -0.39 is 0 Å². The number of carbonyl (C=O) groups excluding carboxylic acids is 1. The zero-order chi connectivity index (χ0) is 23.0. The lowest BCUT2D eigenvalue weighted by atomic mass is 10.1. The van der Waals surface area contributed by atoms with Gasteiger partial charge in [-0.2, -0.15) is 0 Å². The summed E-state index contributed by atoms with van der Waals surface area (Å²) in [6.07, 6.45) is 15.3. The molecule has 2 rings (SSSR count). The summed E-state index contributed by atoms with van der Waals surface area (Å²) in [5.41, 5.74) is 2.08. The van der Waals surface area contributed by atoms with Crippen LogP contribution in [0.3, 0.4) is 0 Å². The van der Waals surface area contributed by atoms with Gasteiger partial charge in [0.05, 0.1) is 19.0 Å². The van der Waals surface area contributed by atoms with Gasteiger partial charge in [0, 0.05) is 18.4 Å². The summed E-state index contributed by atoms with van der Waals surface area (Å²) in [7, 11) is 0. The molecule has 1 atom stereocenters. The third-order valence-corrected chi connectivity index (χ3v) is 5.45. The van der Waals surface area contributed by atoms with Crippen molar-refractivity contribution in [2.45, 2.75) is 97.5 Å². The molecule has 0 fully saturated rings. The molecule has 0 radical (unpaired) electrons. The number of hydrogen-bond donors (Lipinski definition) is 0. The van der Waals surface area contributed by atoms with Gasteiger partial charge in [-0.1, -0.05) is 83.1 Å². The maximum Gasteiger partial charge on any atom is 0.306 e. The number of unbranched alkanes of at least 4 members (excludes halogenated alkanes) is 7. The van der Waals surface area contributed by atoms with Crippen molar-refractivity contribution in [2.24, 2.45) is 0 Å². The van der Waals surface area contributed by atoms with Crippen LogP contribution in [0.4, 0.5) is 0 Å². The minimum absolute atomic E-state index is 0.112. The van der Waals surface area contributed by atoms with Crippen LogP contribution in [0.5, 0.6) is 5.75 Å². The monoisotopic (exact) mass is 440 g/mol. The SMILES string of the molecule is CCCCCCCCCOc1cnc(-c2ccc(CC(C)OC(=O)CCCC)cc2)nc1. The van der Waals surface area contributed by atoms with Crippen molar-refractivity contribution in [3.63, 3.8) is 0 Å². The molecule has 32 heavy (non-hydrogen) atoms. The number of benzene rings is 1. The quantitative estimate of drug-likeness (QED) is 0.209. The predicted molar refractivity (Wildman–Crippen MR) is 130 cm³/mol. The molecule has 0 N–H and O–H groups in total. The highest BCUT2D eigenvalue weighted by Gasteiger charge is 2.10. The van der Waals surface area contributed by atoms with Crippen LogP contribution in [0.2, 0.25) is 0 Å². The fourth-order valence-corrected chi connectivity index (χ4v) is 3.56. The number of ether oxygens (including phenoxy) is 2. The van der Waals surface area contributed by atoms with Crippen molar-refractivity contribution in [1.29, 1.82) is 0 Å². The van der Waals surface area contributed by atoms with Gasteiger partial charge in [-0.3, -0.25) is 4.79 Å². The standard InChI is InChI=1S/C27H40N2O3/c1-4-6-8-9-10-11-12-18-31-25-20-28-27(29-21-25)24-16-14-23(15-17-24)19-22(3)32-26(30)13-7-5-2/h14-17,20-22H,4-13,18-19H2,1-3H3. The van der Waals surface area contributed by atoms with E-state index >= 15 is 0 Å². The Bertz CT molecular complexity index is 759. The van der Waals surface area contributed by atoms with Crippen LogP contribution in [-0.2, 0) is 16.0 Å². The lowest BCUT2D eigenvalue weighted by Crippen LogP contribution is -2.17. The van der Waals surface area contributed by atoms with Crippen molar-refractivity contribution in [3.8, 4) is 17.1 Å². The predicted octanol–water partition coefficient (Wildman–Crippen LogP) is 6.94. The van der Waals surface area contributed by atoms with Crippen LogP contribution in [0.15, 0.2) is 36.7 Å². The summed E-state index contributed by atoms with van der Waals surface area (Å²) in [6.45, 7) is 6.96. The Morgan fingerprint density at radius 2 is 1.50 bits per heavy atom. The third kappa shape index (κ3) is 10.3. The first kappa shape index (κ1) is 25.8.